The molecule has 2 aromatic rings. The Morgan fingerprint density at radius 1 is 1.35 bits per heavy atom. The molecule has 122 valence electrons. The van der Waals surface area contributed by atoms with E-state index in [2.05, 4.69) is 21.8 Å². The van der Waals surface area contributed by atoms with Crippen molar-refractivity contribution in [2.45, 2.75) is 18.6 Å². The number of carbonyl (C=O) groups excluding carboxylic acids is 1. The van der Waals surface area contributed by atoms with Gasteiger partial charge in [0, 0.05) is 49.2 Å². The number of thioether (sulfide) groups is 1. The van der Waals surface area contributed by atoms with Gasteiger partial charge in [-0.05, 0) is 0 Å². The van der Waals surface area contributed by atoms with E-state index in [1.807, 2.05) is 38.8 Å². The largest absolute Gasteiger partial charge is 0.348 e. The fraction of sp³-hybridized carbons (Fsp3) is 0.533. The first-order valence-electron chi connectivity index (χ1n) is 7.84. The third kappa shape index (κ3) is 3.10. The summed E-state index contributed by atoms with van der Waals surface area (Å²) >= 11 is 3.44. The maximum Gasteiger partial charge on any atom is 0.228 e. The van der Waals surface area contributed by atoms with Crippen molar-refractivity contribution in [3.63, 3.8) is 0 Å². The van der Waals surface area contributed by atoms with Crippen LogP contribution in [-0.2, 0) is 11.2 Å². The lowest BCUT2D eigenvalue weighted by atomic mass is 10.2. The number of hydrogen-bond donors (Lipinski definition) is 0. The molecule has 4 rings (SSSR count). The highest BCUT2D eigenvalue weighted by Gasteiger charge is 2.26. The summed E-state index contributed by atoms with van der Waals surface area (Å²) in [6, 6.07) is 0. The zero-order valence-electron chi connectivity index (χ0n) is 13.0. The SMILES string of the molecule is C[C@@H]1CN=C(N2CCN(C(=O)Cc3cn4ccsc4n3)CC2)S1. The Kier molecular flexibility index (Phi) is 4.02. The second-order valence-electron chi connectivity index (χ2n) is 5.92. The van der Waals surface area contributed by atoms with E-state index in [-0.39, 0.29) is 5.91 Å². The van der Waals surface area contributed by atoms with Crippen molar-refractivity contribution in [3.05, 3.63) is 23.5 Å². The Balaban J connectivity index is 1.33. The van der Waals surface area contributed by atoms with Crippen LogP contribution in [0.3, 0.4) is 0 Å². The molecule has 4 heterocycles. The number of imidazole rings is 1. The van der Waals surface area contributed by atoms with E-state index in [1.165, 1.54) is 0 Å². The first kappa shape index (κ1) is 15.0. The fourth-order valence-corrected chi connectivity index (χ4v) is 4.62. The summed E-state index contributed by atoms with van der Waals surface area (Å²) < 4.78 is 1.97. The van der Waals surface area contributed by atoms with Crippen LogP contribution in [0.5, 0.6) is 0 Å². The van der Waals surface area contributed by atoms with Crippen molar-refractivity contribution in [2.24, 2.45) is 4.99 Å². The van der Waals surface area contributed by atoms with Crippen molar-refractivity contribution in [1.29, 1.82) is 0 Å². The zero-order chi connectivity index (χ0) is 15.8. The lowest BCUT2D eigenvalue weighted by Gasteiger charge is -2.35. The molecule has 2 aliphatic rings. The molecule has 1 fully saturated rings. The van der Waals surface area contributed by atoms with E-state index < -0.39 is 0 Å². The van der Waals surface area contributed by atoms with Crippen LogP contribution in [-0.4, -0.2) is 68.2 Å². The Labute approximate surface area is 143 Å². The zero-order valence-corrected chi connectivity index (χ0v) is 14.6. The highest BCUT2D eigenvalue weighted by Crippen LogP contribution is 2.23. The second-order valence-corrected chi connectivity index (χ2v) is 8.20. The number of fused-ring (bicyclic) bond motifs is 1. The normalized spacial score (nSPS) is 22.0. The Morgan fingerprint density at radius 3 is 2.87 bits per heavy atom. The number of carbonyl (C=O) groups is 1. The number of nitrogens with zero attached hydrogens (tertiary/aromatic N) is 5. The molecule has 2 aromatic heterocycles. The summed E-state index contributed by atoms with van der Waals surface area (Å²) in [4.78, 5) is 26.8. The molecule has 8 heteroatoms. The third-order valence-electron chi connectivity index (χ3n) is 4.17. The molecule has 0 unspecified atom stereocenters. The number of piperazine rings is 1. The van der Waals surface area contributed by atoms with Crippen LogP contribution in [0.15, 0.2) is 22.8 Å². The highest BCUT2D eigenvalue weighted by atomic mass is 32.2. The second kappa shape index (κ2) is 6.16. The van der Waals surface area contributed by atoms with E-state index in [0.717, 1.165) is 48.5 Å². The minimum atomic E-state index is 0.171. The first-order valence-corrected chi connectivity index (χ1v) is 9.60. The quantitative estimate of drug-likeness (QED) is 0.826. The summed E-state index contributed by atoms with van der Waals surface area (Å²) in [5, 5.41) is 3.73. The number of amidine groups is 1. The standard InChI is InChI=1S/C15H19N5OS2/c1-11-9-16-14(23-11)19-4-2-18(3-5-19)13(21)8-12-10-20-6-7-22-15(20)17-12/h6-7,10-11H,2-5,8-9H2,1H3/t11-/m1/s1. The molecule has 1 saturated heterocycles. The Bertz CT molecular complexity index is 715. The predicted molar refractivity (Wildman–Crippen MR) is 94.3 cm³/mol. The third-order valence-corrected chi connectivity index (χ3v) is 6.09. The number of thiazole rings is 1. The molecule has 0 spiro atoms. The average Bonchev–Trinajstić information content (AvgIpc) is 3.23. The van der Waals surface area contributed by atoms with Gasteiger partial charge in [0.1, 0.15) is 0 Å². The monoisotopic (exact) mass is 349 g/mol. The van der Waals surface area contributed by atoms with Gasteiger partial charge in [0.05, 0.1) is 18.7 Å². The molecular formula is C15H19N5OS2. The molecule has 0 aromatic carbocycles. The van der Waals surface area contributed by atoms with Crippen molar-refractivity contribution in [3.8, 4) is 0 Å². The molecular weight excluding hydrogens is 330 g/mol. The summed E-state index contributed by atoms with van der Waals surface area (Å²) in [7, 11) is 0. The van der Waals surface area contributed by atoms with Gasteiger partial charge in [0.15, 0.2) is 10.1 Å². The van der Waals surface area contributed by atoms with Crippen LogP contribution in [0.4, 0.5) is 0 Å². The summed E-state index contributed by atoms with van der Waals surface area (Å²) in [6.45, 7) is 6.42. The van der Waals surface area contributed by atoms with Gasteiger partial charge in [-0.25, -0.2) is 4.98 Å². The van der Waals surface area contributed by atoms with Gasteiger partial charge in [-0.1, -0.05) is 18.7 Å². The molecule has 1 amide bonds. The number of rotatable bonds is 2. The topological polar surface area (TPSA) is 53.2 Å². The minimum Gasteiger partial charge on any atom is -0.348 e. The van der Waals surface area contributed by atoms with Gasteiger partial charge >= 0.3 is 0 Å². The fourth-order valence-electron chi connectivity index (χ4n) is 2.91. The van der Waals surface area contributed by atoms with E-state index in [9.17, 15) is 4.79 Å². The summed E-state index contributed by atoms with van der Waals surface area (Å²) in [5.74, 6) is 0.171. The molecule has 0 radical (unpaired) electrons. The van der Waals surface area contributed by atoms with Crippen LogP contribution < -0.4 is 0 Å². The number of aliphatic imine (C=N–C) groups is 1. The van der Waals surface area contributed by atoms with Gasteiger partial charge in [-0.15, -0.1) is 11.3 Å². The molecule has 1 atom stereocenters. The lowest BCUT2D eigenvalue weighted by molar-refractivity contribution is -0.131. The van der Waals surface area contributed by atoms with Crippen LogP contribution in [0.25, 0.3) is 4.96 Å². The van der Waals surface area contributed by atoms with E-state index in [1.54, 1.807) is 11.3 Å². The molecule has 0 N–H and O–H groups in total. The Hall–Kier alpha value is -1.54. The van der Waals surface area contributed by atoms with Crippen molar-refractivity contribution in [1.82, 2.24) is 19.2 Å². The van der Waals surface area contributed by atoms with E-state index >= 15 is 0 Å². The smallest absolute Gasteiger partial charge is 0.228 e. The maximum atomic E-state index is 12.5. The number of aromatic nitrogens is 2. The van der Waals surface area contributed by atoms with Crippen molar-refractivity contribution < 1.29 is 4.79 Å². The van der Waals surface area contributed by atoms with Crippen molar-refractivity contribution >= 4 is 39.1 Å². The van der Waals surface area contributed by atoms with Gasteiger partial charge < -0.3 is 9.80 Å². The van der Waals surface area contributed by atoms with Gasteiger partial charge in [-0.2, -0.15) is 0 Å². The average molecular weight is 349 g/mol. The summed E-state index contributed by atoms with van der Waals surface area (Å²) in [5.41, 5.74) is 0.855. The number of amides is 1. The maximum absolute atomic E-state index is 12.5. The molecule has 0 bridgehead atoms. The lowest BCUT2D eigenvalue weighted by Crippen LogP contribution is -2.50. The molecule has 6 nitrogen and oxygen atoms in total. The van der Waals surface area contributed by atoms with Crippen molar-refractivity contribution in [2.75, 3.05) is 32.7 Å². The van der Waals surface area contributed by atoms with Crippen LogP contribution in [0.2, 0.25) is 0 Å². The van der Waals surface area contributed by atoms with E-state index in [0.29, 0.717) is 11.7 Å². The number of hydrogen-bond acceptors (Lipinski definition) is 6. The highest BCUT2D eigenvalue weighted by molar-refractivity contribution is 8.14. The minimum absolute atomic E-state index is 0.171. The summed E-state index contributed by atoms with van der Waals surface area (Å²) in [6.07, 6.45) is 4.31. The van der Waals surface area contributed by atoms with E-state index in [4.69, 9.17) is 0 Å². The van der Waals surface area contributed by atoms with Crippen LogP contribution in [0.1, 0.15) is 12.6 Å². The first-order chi connectivity index (χ1) is 11.2. The van der Waals surface area contributed by atoms with Crippen LogP contribution in [0, 0.1) is 0 Å². The molecule has 0 aliphatic carbocycles. The molecule has 2 aliphatic heterocycles. The molecule has 0 saturated carbocycles. The van der Waals surface area contributed by atoms with Gasteiger partial charge in [0.2, 0.25) is 5.91 Å². The molecule has 23 heavy (non-hydrogen) atoms. The Morgan fingerprint density at radius 2 is 2.17 bits per heavy atom. The predicted octanol–water partition coefficient (Wildman–Crippen LogP) is 1.57. The van der Waals surface area contributed by atoms with Gasteiger partial charge in [-0.3, -0.25) is 14.2 Å². The van der Waals surface area contributed by atoms with Crippen LogP contribution >= 0.6 is 23.1 Å². The van der Waals surface area contributed by atoms with Gasteiger partial charge in [0.25, 0.3) is 0 Å².